The molecule has 3 heteroatoms. The van der Waals surface area contributed by atoms with Gasteiger partial charge in [-0.15, -0.1) is 0 Å². The Kier molecular flexibility index (Phi) is 3.51. The van der Waals surface area contributed by atoms with E-state index >= 15 is 0 Å². The van der Waals surface area contributed by atoms with Gasteiger partial charge in [0, 0.05) is 12.4 Å². The first-order valence-corrected chi connectivity index (χ1v) is 4.31. The molecule has 0 spiro atoms. The van der Waals surface area contributed by atoms with E-state index < -0.39 is 0 Å². The van der Waals surface area contributed by atoms with E-state index in [2.05, 4.69) is 16.9 Å². The highest BCUT2D eigenvalue weighted by molar-refractivity contribution is 5.16. The highest BCUT2D eigenvalue weighted by atomic mass is 16.5. The number of aryl methyl sites for hydroxylation is 1. The van der Waals surface area contributed by atoms with Crippen LogP contribution in [0.25, 0.3) is 0 Å². The predicted octanol–water partition coefficient (Wildman–Crippen LogP) is 1.83. The first-order valence-electron chi connectivity index (χ1n) is 4.31. The fourth-order valence-electron chi connectivity index (χ4n) is 0.916. The Balaban J connectivity index is 2.68. The van der Waals surface area contributed by atoms with Gasteiger partial charge in [-0.3, -0.25) is 4.98 Å². The molecule has 0 unspecified atom stereocenters. The summed E-state index contributed by atoms with van der Waals surface area (Å²) in [4.78, 5) is 8.26. The molecule has 0 aromatic carbocycles. The third kappa shape index (κ3) is 2.19. The number of nitrogens with zero attached hydrogens (tertiary/aromatic N) is 2. The molecule has 0 radical (unpaired) electrons. The van der Waals surface area contributed by atoms with E-state index in [0.717, 1.165) is 18.5 Å². The van der Waals surface area contributed by atoms with Crippen LogP contribution in [0.4, 0.5) is 0 Å². The molecule has 1 aromatic rings. The summed E-state index contributed by atoms with van der Waals surface area (Å²) in [5.74, 6) is 0.682. The number of ether oxygens (including phenoxy) is 1. The lowest BCUT2D eigenvalue weighted by Gasteiger charge is -2.05. The van der Waals surface area contributed by atoms with Crippen LogP contribution >= 0.6 is 0 Å². The Morgan fingerprint density at radius 2 is 2.00 bits per heavy atom. The fraction of sp³-hybridized carbons (Fsp3) is 0.556. The van der Waals surface area contributed by atoms with E-state index in [4.69, 9.17) is 4.74 Å². The summed E-state index contributed by atoms with van der Waals surface area (Å²) >= 11 is 0. The predicted molar refractivity (Wildman–Crippen MR) is 47.2 cm³/mol. The summed E-state index contributed by atoms with van der Waals surface area (Å²) < 4.78 is 5.40. The molecule has 0 aliphatic rings. The second-order valence-electron chi connectivity index (χ2n) is 2.51. The van der Waals surface area contributed by atoms with Crippen LogP contribution in [0.1, 0.15) is 26.0 Å². The number of hydrogen-bond donors (Lipinski definition) is 0. The lowest BCUT2D eigenvalue weighted by molar-refractivity contribution is 0.300. The van der Waals surface area contributed by atoms with Crippen molar-refractivity contribution in [2.75, 3.05) is 6.61 Å². The zero-order chi connectivity index (χ0) is 8.81. The maximum atomic E-state index is 5.40. The summed E-state index contributed by atoms with van der Waals surface area (Å²) in [7, 11) is 0. The maximum Gasteiger partial charge on any atom is 0.235 e. The molecule has 0 amide bonds. The van der Waals surface area contributed by atoms with Crippen LogP contribution in [-0.2, 0) is 6.42 Å². The van der Waals surface area contributed by atoms with Gasteiger partial charge in [-0.1, -0.05) is 13.8 Å². The van der Waals surface area contributed by atoms with Crippen LogP contribution in [0.15, 0.2) is 12.4 Å². The summed E-state index contributed by atoms with van der Waals surface area (Å²) in [6, 6.07) is 0. The average Bonchev–Trinajstić information content (AvgIpc) is 2.15. The molecule has 0 atom stereocenters. The van der Waals surface area contributed by atoms with Gasteiger partial charge in [0.15, 0.2) is 0 Å². The molecule has 12 heavy (non-hydrogen) atoms. The van der Waals surface area contributed by atoms with Gasteiger partial charge in [0.1, 0.15) is 5.69 Å². The third-order valence-electron chi connectivity index (χ3n) is 1.51. The fourth-order valence-corrected chi connectivity index (χ4v) is 0.916. The molecule has 0 aliphatic carbocycles. The Hall–Kier alpha value is -1.12. The molecule has 0 saturated heterocycles. The van der Waals surface area contributed by atoms with Gasteiger partial charge >= 0.3 is 0 Å². The van der Waals surface area contributed by atoms with E-state index in [9.17, 15) is 0 Å². The molecule has 0 bridgehead atoms. The maximum absolute atomic E-state index is 5.40. The molecule has 0 saturated carbocycles. The molecule has 3 nitrogen and oxygen atoms in total. The summed E-state index contributed by atoms with van der Waals surface area (Å²) in [5.41, 5.74) is 0.936. The first kappa shape index (κ1) is 8.97. The average molecular weight is 166 g/mol. The monoisotopic (exact) mass is 166 g/mol. The molecule has 0 N–H and O–H groups in total. The van der Waals surface area contributed by atoms with E-state index in [1.54, 1.807) is 12.4 Å². The second-order valence-corrected chi connectivity index (χ2v) is 2.51. The first-order chi connectivity index (χ1) is 5.88. The van der Waals surface area contributed by atoms with Crippen LogP contribution in [0.5, 0.6) is 5.88 Å². The highest BCUT2D eigenvalue weighted by Gasteiger charge is 2.01. The van der Waals surface area contributed by atoms with Crippen LogP contribution in [0, 0.1) is 0 Å². The normalized spacial score (nSPS) is 9.83. The molecule has 0 aliphatic heterocycles. The number of rotatable bonds is 4. The summed E-state index contributed by atoms with van der Waals surface area (Å²) in [6.07, 6.45) is 5.22. The Bertz CT molecular complexity index is 238. The van der Waals surface area contributed by atoms with Crippen molar-refractivity contribution in [2.45, 2.75) is 26.7 Å². The molecular weight excluding hydrogens is 152 g/mol. The van der Waals surface area contributed by atoms with Crippen molar-refractivity contribution in [1.29, 1.82) is 0 Å². The minimum atomic E-state index is 0.682. The van der Waals surface area contributed by atoms with Crippen molar-refractivity contribution in [2.24, 2.45) is 0 Å². The Morgan fingerprint density at radius 1 is 1.25 bits per heavy atom. The van der Waals surface area contributed by atoms with Crippen LogP contribution in [-0.4, -0.2) is 16.6 Å². The van der Waals surface area contributed by atoms with Crippen molar-refractivity contribution in [3.63, 3.8) is 0 Å². The second kappa shape index (κ2) is 4.70. The lowest BCUT2D eigenvalue weighted by Crippen LogP contribution is -2.01. The SMILES string of the molecule is CCCOc1nccnc1CC. The van der Waals surface area contributed by atoms with E-state index in [1.165, 1.54) is 0 Å². The van der Waals surface area contributed by atoms with Gasteiger partial charge in [0.05, 0.1) is 6.61 Å². The largest absolute Gasteiger partial charge is 0.476 e. The van der Waals surface area contributed by atoms with Gasteiger partial charge in [-0.2, -0.15) is 0 Å². The quantitative estimate of drug-likeness (QED) is 0.684. The van der Waals surface area contributed by atoms with Crippen molar-refractivity contribution >= 4 is 0 Å². The Morgan fingerprint density at radius 3 is 2.67 bits per heavy atom. The lowest BCUT2D eigenvalue weighted by atomic mass is 10.3. The van der Waals surface area contributed by atoms with Gasteiger partial charge in [-0.05, 0) is 12.8 Å². The topological polar surface area (TPSA) is 35.0 Å². The molecule has 66 valence electrons. The van der Waals surface area contributed by atoms with Gasteiger partial charge < -0.3 is 4.74 Å². The van der Waals surface area contributed by atoms with Gasteiger partial charge in [-0.25, -0.2) is 4.98 Å². The summed E-state index contributed by atoms with van der Waals surface area (Å²) in [5, 5.41) is 0. The smallest absolute Gasteiger partial charge is 0.235 e. The number of aromatic nitrogens is 2. The third-order valence-corrected chi connectivity index (χ3v) is 1.51. The molecule has 1 aromatic heterocycles. The van der Waals surface area contributed by atoms with Gasteiger partial charge in [0.25, 0.3) is 0 Å². The number of hydrogen-bond acceptors (Lipinski definition) is 3. The molecular formula is C9H14N2O. The highest BCUT2D eigenvalue weighted by Crippen LogP contribution is 2.11. The molecule has 1 rings (SSSR count). The van der Waals surface area contributed by atoms with Crippen molar-refractivity contribution in [3.05, 3.63) is 18.1 Å². The van der Waals surface area contributed by atoms with Gasteiger partial charge in [0.2, 0.25) is 5.88 Å². The minimum absolute atomic E-state index is 0.682. The van der Waals surface area contributed by atoms with E-state index in [-0.39, 0.29) is 0 Å². The van der Waals surface area contributed by atoms with Crippen LogP contribution in [0.3, 0.4) is 0 Å². The zero-order valence-electron chi connectivity index (χ0n) is 7.58. The van der Waals surface area contributed by atoms with E-state index in [0.29, 0.717) is 12.5 Å². The minimum Gasteiger partial charge on any atom is -0.476 e. The molecule has 0 fully saturated rings. The van der Waals surface area contributed by atoms with Crippen molar-refractivity contribution < 1.29 is 4.74 Å². The van der Waals surface area contributed by atoms with Crippen LogP contribution in [0.2, 0.25) is 0 Å². The zero-order valence-corrected chi connectivity index (χ0v) is 7.58. The van der Waals surface area contributed by atoms with Crippen LogP contribution < -0.4 is 4.74 Å². The molecule has 1 heterocycles. The van der Waals surface area contributed by atoms with Crippen molar-refractivity contribution in [1.82, 2.24) is 9.97 Å². The Labute approximate surface area is 72.8 Å². The summed E-state index contributed by atoms with van der Waals surface area (Å²) in [6.45, 7) is 4.83. The standard InChI is InChI=1S/C9H14N2O/c1-3-7-12-9-8(4-2)10-5-6-11-9/h5-6H,3-4,7H2,1-2H3. The van der Waals surface area contributed by atoms with Crippen molar-refractivity contribution in [3.8, 4) is 5.88 Å². The van der Waals surface area contributed by atoms with E-state index in [1.807, 2.05) is 6.92 Å².